The van der Waals surface area contributed by atoms with Gasteiger partial charge >= 0.3 is 0 Å². The molecule has 2 aromatic rings. The third kappa shape index (κ3) is 4.05. The summed E-state index contributed by atoms with van der Waals surface area (Å²) in [6.07, 6.45) is 0.701. The molecule has 1 atom stereocenters. The molecule has 0 fully saturated rings. The average Bonchev–Trinajstić information content (AvgIpc) is 2.42. The highest BCUT2D eigenvalue weighted by Gasteiger charge is 2.14. The molecule has 2 rings (SSSR count). The highest BCUT2D eigenvalue weighted by Crippen LogP contribution is 2.26. The lowest BCUT2D eigenvalue weighted by atomic mass is 9.99. The van der Waals surface area contributed by atoms with Crippen LogP contribution in [0.5, 0.6) is 0 Å². The Hall–Kier alpha value is -0.900. The van der Waals surface area contributed by atoms with E-state index >= 15 is 0 Å². The molecule has 20 heavy (non-hydrogen) atoms. The van der Waals surface area contributed by atoms with E-state index in [0.29, 0.717) is 11.4 Å². The van der Waals surface area contributed by atoms with E-state index in [1.807, 2.05) is 24.3 Å². The van der Waals surface area contributed by atoms with Crippen molar-refractivity contribution in [3.05, 3.63) is 68.9 Å². The Kier molecular flexibility index (Phi) is 5.58. The van der Waals surface area contributed by atoms with Gasteiger partial charge in [-0.3, -0.25) is 0 Å². The highest BCUT2D eigenvalue weighted by atomic mass is 79.9. The zero-order valence-electron chi connectivity index (χ0n) is 11.2. The van der Waals surface area contributed by atoms with Crippen LogP contribution in [0.4, 0.5) is 4.39 Å². The summed E-state index contributed by atoms with van der Waals surface area (Å²) in [6.45, 7) is 2.89. The fraction of sp³-hybridized carbons (Fsp3) is 0.250. The summed E-state index contributed by atoms with van der Waals surface area (Å²) in [6, 6.07) is 12.6. The van der Waals surface area contributed by atoms with Crippen LogP contribution in [0.3, 0.4) is 0 Å². The molecule has 1 unspecified atom stereocenters. The fourth-order valence-electron chi connectivity index (χ4n) is 2.20. The zero-order chi connectivity index (χ0) is 14.5. The number of nitrogens with one attached hydrogen (secondary N) is 1. The number of hydrogen-bond donors (Lipinski definition) is 1. The predicted molar refractivity (Wildman–Crippen MR) is 85.7 cm³/mol. The standard InChI is InChI=1S/C16H16BrClFN/c1-2-20-16(11-4-3-5-13(18)8-11)10-12-9-14(19)6-7-15(12)17/h3-9,16,20H,2,10H2,1H3. The van der Waals surface area contributed by atoms with E-state index < -0.39 is 0 Å². The van der Waals surface area contributed by atoms with Gasteiger partial charge in [0, 0.05) is 15.5 Å². The molecule has 1 nitrogen and oxygen atoms in total. The molecule has 106 valence electrons. The van der Waals surface area contributed by atoms with Crippen molar-refractivity contribution in [1.29, 1.82) is 0 Å². The minimum Gasteiger partial charge on any atom is -0.310 e. The van der Waals surface area contributed by atoms with Crippen molar-refractivity contribution in [3.8, 4) is 0 Å². The van der Waals surface area contributed by atoms with E-state index in [1.54, 1.807) is 12.1 Å². The van der Waals surface area contributed by atoms with Gasteiger partial charge in [0.1, 0.15) is 5.82 Å². The third-order valence-corrected chi connectivity index (χ3v) is 4.14. The predicted octanol–water partition coefficient (Wildman–Crippen LogP) is 5.13. The van der Waals surface area contributed by atoms with Crippen LogP contribution >= 0.6 is 27.5 Å². The van der Waals surface area contributed by atoms with Gasteiger partial charge in [-0.15, -0.1) is 0 Å². The summed E-state index contributed by atoms with van der Waals surface area (Å²) in [5, 5.41) is 4.13. The summed E-state index contributed by atoms with van der Waals surface area (Å²) >= 11 is 9.53. The molecule has 0 bridgehead atoms. The van der Waals surface area contributed by atoms with Gasteiger partial charge in [-0.1, -0.05) is 46.6 Å². The van der Waals surface area contributed by atoms with Gasteiger partial charge in [-0.25, -0.2) is 4.39 Å². The smallest absolute Gasteiger partial charge is 0.123 e. The minimum atomic E-state index is -0.218. The van der Waals surface area contributed by atoms with E-state index in [1.165, 1.54) is 6.07 Å². The van der Waals surface area contributed by atoms with Crippen LogP contribution in [-0.2, 0) is 6.42 Å². The number of benzene rings is 2. The quantitative estimate of drug-likeness (QED) is 0.782. The fourth-order valence-corrected chi connectivity index (χ4v) is 2.80. The lowest BCUT2D eigenvalue weighted by molar-refractivity contribution is 0.546. The molecule has 1 N–H and O–H groups in total. The van der Waals surface area contributed by atoms with Crippen LogP contribution < -0.4 is 5.32 Å². The second kappa shape index (κ2) is 7.21. The Morgan fingerprint density at radius 1 is 1.25 bits per heavy atom. The summed E-state index contributed by atoms with van der Waals surface area (Å²) < 4.78 is 14.3. The molecule has 0 saturated carbocycles. The molecule has 0 amide bonds. The summed E-state index contributed by atoms with van der Waals surface area (Å²) in [7, 11) is 0. The number of likely N-dealkylation sites (N-methyl/N-ethyl adjacent to an activating group) is 1. The number of hydrogen-bond acceptors (Lipinski definition) is 1. The molecule has 2 aromatic carbocycles. The summed E-state index contributed by atoms with van der Waals surface area (Å²) in [5.41, 5.74) is 2.05. The number of halogens is 3. The monoisotopic (exact) mass is 355 g/mol. The average molecular weight is 357 g/mol. The van der Waals surface area contributed by atoms with Gasteiger partial charge in [0.15, 0.2) is 0 Å². The first-order valence-corrected chi connectivity index (χ1v) is 7.70. The summed E-state index contributed by atoms with van der Waals surface area (Å²) in [4.78, 5) is 0. The molecular formula is C16H16BrClFN. The van der Waals surface area contributed by atoms with Crippen LogP contribution in [0.2, 0.25) is 5.02 Å². The van der Waals surface area contributed by atoms with Crippen molar-refractivity contribution in [2.45, 2.75) is 19.4 Å². The molecule has 0 aliphatic carbocycles. The Bertz CT molecular complexity index is 588. The largest absolute Gasteiger partial charge is 0.310 e. The molecule has 0 aliphatic heterocycles. The van der Waals surface area contributed by atoms with E-state index in [9.17, 15) is 4.39 Å². The van der Waals surface area contributed by atoms with E-state index in [0.717, 1.165) is 22.1 Å². The third-order valence-electron chi connectivity index (χ3n) is 3.13. The Labute approximate surface area is 132 Å². The molecular weight excluding hydrogens is 341 g/mol. The van der Waals surface area contributed by atoms with Crippen molar-refractivity contribution in [1.82, 2.24) is 5.32 Å². The lowest BCUT2D eigenvalue weighted by Gasteiger charge is -2.19. The molecule has 0 aromatic heterocycles. The normalized spacial score (nSPS) is 12.4. The molecule has 4 heteroatoms. The first-order valence-electron chi connectivity index (χ1n) is 6.53. The van der Waals surface area contributed by atoms with Crippen molar-refractivity contribution in [2.24, 2.45) is 0 Å². The van der Waals surface area contributed by atoms with E-state index in [-0.39, 0.29) is 11.9 Å². The first kappa shape index (κ1) is 15.5. The van der Waals surface area contributed by atoms with E-state index in [2.05, 4.69) is 28.2 Å². The number of rotatable bonds is 5. The van der Waals surface area contributed by atoms with Crippen LogP contribution in [0.25, 0.3) is 0 Å². The van der Waals surface area contributed by atoms with Crippen LogP contribution in [-0.4, -0.2) is 6.54 Å². The topological polar surface area (TPSA) is 12.0 Å². The highest BCUT2D eigenvalue weighted by molar-refractivity contribution is 9.10. The van der Waals surface area contributed by atoms with Gasteiger partial charge in [0.05, 0.1) is 0 Å². The second-order valence-electron chi connectivity index (χ2n) is 4.61. The Morgan fingerprint density at radius 2 is 2.05 bits per heavy atom. The second-order valence-corrected chi connectivity index (χ2v) is 5.90. The zero-order valence-corrected chi connectivity index (χ0v) is 13.5. The van der Waals surface area contributed by atoms with Gasteiger partial charge in [-0.2, -0.15) is 0 Å². The Balaban J connectivity index is 2.27. The van der Waals surface area contributed by atoms with Crippen molar-refractivity contribution >= 4 is 27.5 Å². The summed E-state index contributed by atoms with van der Waals surface area (Å²) in [5.74, 6) is -0.218. The van der Waals surface area contributed by atoms with Crippen molar-refractivity contribution < 1.29 is 4.39 Å². The van der Waals surface area contributed by atoms with Gasteiger partial charge in [0.25, 0.3) is 0 Å². The SMILES string of the molecule is CCNC(Cc1cc(F)ccc1Br)c1cccc(Cl)c1. The molecule has 0 saturated heterocycles. The van der Waals surface area contributed by atoms with Gasteiger partial charge < -0.3 is 5.32 Å². The lowest BCUT2D eigenvalue weighted by Crippen LogP contribution is -2.23. The van der Waals surface area contributed by atoms with Crippen LogP contribution in [0.1, 0.15) is 24.1 Å². The Morgan fingerprint density at radius 3 is 2.75 bits per heavy atom. The maximum atomic E-state index is 13.4. The molecule has 0 aliphatic rings. The molecule has 0 heterocycles. The van der Waals surface area contributed by atoms with Crippen molar-refractivity contribution in [2.75, 3.05) is 6.54 Å². The van der Waals surface area contributed by atoms with Crippen LogP contribution in [0.15, 0.2) is 46.9 Å². The van der Waals surface area contributed by atoms with Gasteiger partial charge in [-0.05, 0) is 54.4 Å². The van der Waals surface area contributed by atoms with Crippen LogP contribution in [0, 0.1) is 5.82 Å². The first-order chi connectivity index (χ1) is 9.60. The van der Waals surface area contributed by atoms with E-state index in [4.69, 9.17) is 11.6 Å². The van der Waals surface area contributed by atoms with Gasteiger partial charge in [0.2, 0.25) is 0 Å². The maximum Gasteiger partial charge on any atom is 0.123 e. The molecule has 0 radical (unpaired) electrons. The minimum absolute atomic E-state index is 0.108. The molecule has 0 spiro atoms. The van der Waals surface area contributed by atoms with Crippen molar-refractivity contribution in [3.63, 3.8) is 0 Å². The maximum absolute atomic E-state index is 13.4.